The van der Waals surface area contributed by atoms with E-state index in [9.17, 15) is 52.7 Å². The third kappa shape index (κ3) is 37.9. The minimum atomic E-state index is -3.76. The maximum Gasteiger partial charge on any atom is 0.490 e. The van der Waals surface area contributed by atoms with Gasteiger partial charge in [0, 0.05) is 69.5 Å². The highest BCUT2D eigenvalue weighted by atomic mass is 32.5. The largest absolute Gasteiger partial charge is 0.490 e. The number of anilines is 3. The predicted octanol–water partition coefficient (Wildman–Crippen LogP) is 12.2. The molecule has 0 saturated carbocycles. The number of carbonyl (C=O) groups excluding carboxylic acids is 11. The third-order valence-electron chi connectivity index (χ3n) is 11.3. The fourth-order valence-electron chi connectivity index (χ4n) is 6.63. The number of carbonyl (C=O) groups is 8. The van der Waals surface area contributed by atoms with Gasteiger partial charge in [0.2, 0.25) is 18.2 Å². The molecule has 0 aliphatic rings. The first kappa shape index (κ1) is 88.6. The van der Waals surface area contributed by atoms with Gasteiger partial charge >= 0.3 is 61.6 Å². The van der Waals surface area contributed by atoms with Gasteiger partial charge in [-0.25, -0.2) is 52.7 Å². The van der Waals surface area contributed by atoms with E-state index in [1.165, 1.54) is 105 Å². The number of nitrogens with one attached hydrogen (secondary N) is 3. The summed E-state index contributed by atoms with van der Waals surface area (Å²) in [7, 11) is 0. The zero-order valence-corrected chi connectivity index (χ0v) is 60.7. The van der Waals surface area contributed by atoms with Crippen LogP contribution in [0.25, 0.3) is 0 Å². The Balaban J connectivity index is 0.000000499. The molecule has 107 heavy (non-hydrogen) atoms. The van der Waals surface area contributed by atoms with E-state index in [-0.39, 0.29) is 94.5 Å². The van der Waals surface area contributed by atoms with Crippen LogP contribution in [0.1, 0.15) is 20.8 Å². The molecule has 0 atom stereocenters. The zero-order valence-electron chi connectivity index (χ0n) is 57.3. The average Bonchev–Trinajstić information content (AvgIpc) is 0.828. The Kier molecular flexibility index (Phi) is 40.6. The summed E-state index contributed by atoms with van der Waals surface area (Å²) in [4.78, 5) is 133. The van der Waals surface area contributed by atoms with Crippen LogP contribution in [-0.2, 0) is 99.9 Å². The number of hydrogen-bond donors (Lipinski definition) is 5. The SMILES string of the molecule is C=C(C)C(=O)OCCO.C=CC(=O)OCCO.C=CC(=O)OCCOC(=O)Nc1ccc(OP(=S)(Oc2ccc(NC(=O)OCCOC(=O)C(=C)C)cc2)Oc2ccc(NC(=O)OCCOC(=O)C(=C)C)cc2)cc1.O=C=Nc1ccc(OP(=S)(Oc2ccc(N=C=O)cc2)Oc2ccc(N=C=O)cc2)cc1. The number of aliphatic hydroxyl groups is 2. The average molecular weight is 1550 g/mol. The molecule has 0 fully saturated rings. The first-order chi connectivity index (χ1) is 51.2. The highest BCUT2D eigenvalue weighted by molar-refractivity contribution is 8.08. The van der Waals surface area contributed by atoms with Gasteiger partial charge in [-0.1, -0.05) is 32.9 Å². The number of isocyanates is 3. The molecule has 6 aromatic rings. The molecule has 0 saturated heterocycles. The number of aliphatic hydroxyl groups excluding tert-OH is 2. The smallest absolute Gasteiger partial charge is 0.460 e. The van der Waals surface area contributed by atoms with E-state index in [0.29, 0.717) is 56.9 Å². The number of hydrogen-bond acceptors (Lipinski definition) is 32. The number of nitrogens with zero attached hydrogens (tertiary/aromatic N) is 3. The molecule has 0 aliphatic heterocycles. The van der Waals surface area contributed by atoms with Gasteiger partial charge in [-0.05, 0) is 166 Å². The van der Waals surface area contributed by atoms with E-state index >= 15 is 0 Å². The Morgan fingerprint density at radius 2 is 0.570 bits per heavy atom. The van der Waals surface area contributed by atoms with Crippen molar-refractivity contribution < 1.29 is 128 Å². The molecule has 33 nitrogen and oxygen atoms in total. The van der Waals surface area contributed by atoms with Crippen molar-refractivity contribution in [2.75, 3.05) is 82.0 Å². The van der Waals surface area contributed by atoms with Crippen LogP contribution in [0.15, 0.2) is 222 Å². The number of benzene rings is 6. The summed E-state index contributed by atoms with van der Waals surface area (Å²) in [6, 6.07) is 36.5. The number of ether oxygens (including phenoxy) is 8. The van der Waals surface area contributed by atoms with E-state index in [1.54, 1.807) is 79.7 Å². The van der Waals surface area contributed by atoms with Crippen molar-refractivity contribution in [3.05, 3.63) is 207 Å². The van der Waals surface area contributed by atoms with E-state index in [4.69, 9.17) is 89.4 Å². The van der Waals surface area contributed by atoms with Crippen LogP contribution in [0.2, 0.25) is 0 Å². The van der Waals surface area contributed by atoms with Gasteiger partial charge in [-0.3, -0.25) is 16.0 Å². The standard InChI is InChI=1S/C38H40N3O15PS.C21H12N3O6PS.C6H10O3.C5H8O3/c1-6-33(42)48-19-22-51-36(45)39-27-7-13-30(14-8-27)54-57(58,55-31-15-9-28(10-16-31)40-37(46)52-23-20-49-34(43)25(2)3)56-32-17-11-29(12-18-32)41-38(47)53-24-21-50-35(44)26(4)5;25-13-22-16-1-7-19(8-2-16)28-31(32,29-20-9-3-17(4-10-20)23-14-26)30-21-11-5-18(6-12-21)24-15-27;1-5(2)6(8)9-4-3-7;1-2-5(7)8-4-3-6/h6-18H,1-2,4,19-24H2,3,5H3,(H,39,45)(H,40,46)(H,41,47);1-12H;7H,1,3-4H2,2H3;2,6H,1,3-4H2. The molecule has 0 heterocycles. The second-order valence-electron chi connectivity index (χ2n) is 19.8. The number of esters is 5. The normalized spacial score (nSPS) is 10.4. The van der Waals surface area contributed by atoms with Crippen LogP contribution >= 0.6 is 13.4 Å². The minimum Gasteiger partial charge on any atom is -0.460 e. The summed E-state index contributed by atoms with van der Waals surface area (Å²) in [5.41, 5.74) is 2.94. The monoisotopic (exact) mass is 1550 g/mol. The van der Waals surface area contributed by atoms with Gasteiger partial charge in [0.1, 0.15) is 87.4 Å². The molecule has 0 aliphatic carbocycles. The summed E-state index contributed by atoms with van der Waals surface area (Å²) in [6.45, 7) is 12.8. The van der Waals surface area contributed by atoms with Crippen molar-refractivity contribution in [3.63, 3.8) is 0 Å². The van der Waals surface area contributed by atoms with Gasteiger partial charge in [-0.2, -0.15) is 15.0 Å². The van der Waals surface area contributed by atoms with Crippen molar-refractivity contribution in [1.29, 1.82) is 0 Å². The lowest BCUT2D eigenvalue weighted by Crippen LogP contribution is -2.18. The van der Waals surface area contributed by atoms with Crippen LogP contribution in [0.4, 0.5) is 48.5 Å². The number of rotatable bonds is 36. The molecule has 5 N–H and O–H groups in total. The van der Waals surface area contributed by atoms with Gasteiger partial charge in [0.05, 0.1) is 30.3 Å². The molecule has 3 amide bonds. The molecular formula is C70H70N6O27P2S2. The van der Waals surface area contributed by atoms with Gasteiger partial charge in [0.15, 0.2) is 0 Å². The van der Waals surface area contributed by atoms with Gasteiger partial charge in [0.25, 0.3) is 0 Å². The van der Waals surface area contributed by atoms with Crippen molar-refractivity contribution in [3.8, 4) is 34.5 Å². The summed E-state index contributed by atoms with van der Waals surface area (Å²) >= 11 is 11.4. The lowest BCUT2D eigenvalue weighted by atomic mass is 10.3. The highest BCUT2D eigenvalue weighted by Gasteiger charge is 2.29. The fourth-order valence-corrected chi connectivity index (χ4v) is 10.7. The minimum absolute atomic E-state index is 0.0465. The second kappa shape index (κ2) is 49.1. The van der Waals surface area contributed by atoms with E-state index < -0.39 is 61.6 Å². The van der Waals surface area contributed by atoms with Crippen molar-refractivity contribution >= 4 is 138 Å². The summed E-state index contributed by atoms with van der Waals surface area (Å²) in [5.74, 6) is -1.26. The fraction of sp³-hybridized carbons (Fsp3) is 0.186. The first-order valence-electron chi connectivity index (χ1n) is 30.5. The van der Waals surface area contributed by atoms with E-state index in [1.807, 2.05) is 0 Å². The van der Waals surface area contributed by atoms with Crippen LogP contribution in [0.5, 0.6) is 34.5 Å². The Labute approximate surface area is 622 Å². The maximum atomic E-state index is 12.2. The highest BCUT2D eigenvalue weighted by Crippen LogP contribution is 2.52. The molecule has 0 spiro atoms. The molecule has 564 valence electrons. The Morgan fingerprint density at radius 3 is 0.794 bits per heavy atom. The predicted molar refractivity (Wildman–Crippen MR) is 393 cm³/mol. The van der Waals surface area contributed by atoms with E-state index in [0.717, 1.165) is 12.2 Å². The maximum absolute atomic E-state index is 12.2. The Morgan fingerprint density at radius 1 is 0.364 bits per heavy atom. The van der Waals surface area contributed by atoms with Crippen molar-refractivity contribution in [2.45, 2.75) is 20.8 Å². The number of aliphatic imine (C=N–C) groups is 3. The molecule has 37 heteroatoms. The Hall–Kier alpha value is -12.7. The summed E-state index contributed by atoms with van der Waals surface area (Å²) < 4.78 is 74.1. The third-order valence-corrected chi connectivity index (χ3v) is 15.3. The topological polar surface area (TPSA) is 431 Å². The molecule has 6 rings (SSSR count). The number of amides is 3. The van der Waals surface area contributed by atoms with Crippen LogP contribution in [-0.4, -0.2) is 143 Å². The van der Waals surface area contributed by atoms with Gasteiger partial charge < -0.3 is 75.3 Å². The van der Waals surface area contributed by atoms with Crippen LogP contribution in [0.3, 0.4) is 0 Å². The molecule has 0 bridgehead atoms. The zero-order chi connectivity index (χ0) is 79.0. The quantitative estimate of drug-likeness (QED) is 0.00464. The van der Waals surface area contributed by atoms with Crippen LogP contribution in [0, 0.1) is 0 Å². The summed E-state index contributed by atoms with van der Waals surface area (Å²) in [5, 5.41) is 23.9. The second-order valence-corrected chi connectivity index (χ2v) is 25.4. The molecule has 0 unspecified atom stereocenters. The van der Waals surface area contributed by atoms with Crippen molar-refractivity contribution in [2.24, 2.45) is 15.0 Å². The lowest BCUT2D eigenvalue weighted by Gasteiger charge is -2.23. The lowest BCUT2D eigenvalue weighted by molar-refractivity contribution is -0.140. The van der Waals surface area contributed by atoms with Crippen molar-refractivity contribution in [1.82, 2.24) is 0 Å². The Bertz CT molecular complexity index is 4020. The molecule has 0 radical (unpaired) electrons. The first-order valence-corrected chi connectivity index (χ1v) is 35.6. The molecule has 6 aromatic carbocycles. The summed E-state index contributed by atoms with van der Waals surface area (Å²) in [6.07, 6.45) is 3.99. The molecular weight excluding hydrogens is 1480 g/mol. The van der Waals surface area contributed by atoms with E-state index in [2.05, 4.69) is 73.3 Å². The van der Waals surface area contributed by atoms with Crippen LogP contribution < -0.4 is 43.1 Å². The van der Waals surface area contributed by atoms with Gasteiger partial charge in [-0.15, -0.1) is 0 Å². The molecule has 0 aromatic heterocycles.